The molecule has 2 aromatic rings. The first kappa shape index (κ1) is 11.8. The van der Waals surface area contributed by atoms with Crippen LogP contribution in [-0.2, 0) is 0 Å². The Hall–Kier alpha value is -1.66. The molecule has 0 fully saturated rings. The first-order valence-electron chi connectivity index (χ1n) is 4.73. The van der Waals surface area contributed by atoms with Gasteiger partial charge in [0, 0.05) is 17.8 Å². The highest BCUT2D eigenvalue weighted by atomic mass is 35.5. The number of rotatable bonds is 2. The van der Waals surface area contributed by atoms with Crippen molar-refractivity contribution in [3.8, 4) is 0 Å². The SMILES string of the molecule is CN(C(=O)Nc1ccc(Cl)cc1)c1nncs1. The maximum Gasteiger partial charge on any atom is 0.327 e. The maximum atomic E-state index is 11.8. The van der Waals surface area contributed by atoms with E-state index in [2.05, 4.69) is 15.5 Å². The van der Waals surface area contributed by atoms with E-state index < -0.39 is 0 Å². The van der Waals surface area contributed by atoms with E-state index in [-0.39, 0.29) is 6.03 Å². The van der Waals surface area contributed by atoms with Crippen LogP contribution in [0.1, 0.15) is 0 Å². The average molecular weight is 269 g/mol. The molecule has 2 rings (SSSR count). The van der Waals surface area contributed by atoms with Crippen LogP contribution in [0.25, 0.3) is 0 Å². The van der Waals surface area contributed by atoms with Crippen LogP contribution in [0, 0.1) is 0 Å². The minimum atomic E-state index is -0.274. The molecular formula is C10H9ClN4OS. The number of aromatic nitrogens is 2. The molecule has 5 nitrogen and oxygen atoms in total. The summed E-state index contributed by atoms with van der Waals surface area (Å²) in [7, 11) is 1.63. The molecule has 17 heavy (non-hydrogen) atoms. The summed E-state index contributed by atoms with van der Waals surface area (Å²) in [4.78, 5) is 13.2. The number of carbonyl (C=O) groups excluding carboxylic acids is 1. The van der Waals surface area contributed by atoms with E-state index in [1.807, 2.05) is 0 Å². The van der Waals surface area contributed by atoms with Gasteiger partial charge in [0.1, 0.15) is 5.51 Å². The predicted molar refractivity (Wildman–Crippen MR) is 68.8 cm³/mol. The Morgan fingerprint density at radius 2 is 2.12 bits per heavy atom. The van der Waals surface area contributed by atoms with Crippen LogP contribution in [-0.4, -0.2) is 23.3 Å². The monoisotopic (exact) mass is 268 g/mol. The second kappa shape index (κ2) is 5.11. The van der Waals surface area contributed by atoms with Crippen LogP contribution in [0.5, 0.6) is 0 Å². The molecule has 0 radical (unpaired) electrons. The fourth-order valence-electron chi connectivity index (χ4n) is 1.14. The number of amides is 2. The molecule has 1 heterocycles. The van der Waals surface area contributed by atoms with Gasteiger partial charge in [0.15, 0.2) is 0 Å². The Morgan fingerprint density at radius 3 is 2.71 bits per heavy atom. The molecule has 0 spiro atoms. The van der Waals surface area contributed by atoms with Gasteiger partial charge in [-0.15, -0.1) is 10.2 Å². The van der Waals surface area contributed by atoms with Crippen molar-refractivity contribution in [3.05, 3.63) is 34.8 Å². The van der Waals surface area contributed by atoms with Crippen molar-refractivity contribution in [2.24, 2.45) is 0 Å². The van der Waals surface area contributed by atoms with Crippen molar-refractivity contribution in [2.75, 3.05) is 17.3 Å². The summed E-state index contributed by atoms with van der Waals surface area (Å²) >= 11 is 7.05. The Kier molecular flexibility index (Phi) is 3.55. The summed E-state index contributed by atoms with van der Waals surface area (Å²) in [6, 6.07) is 6.61. The van der Waals surface area contributed by atoms with Crippen LogP contribution in [0.15, 0.2) is 29.8 Å². The zero-order chi connectivity index (χ0) is 12.3. The number of urea groups is 1. The number of halogens is 1. The number of hydrogen-bond donors (Lipinski definition) is 1. The van der Waals surface area contributed by atoms with E-state index in [0.717, 1.165) is 0 Å². The number of carbonyl (C=O) groups is 1. The molecule has 0 aliphatic carbocycles. The van der Waals surface area contributed by atoms with Gasteiger partial charge in [0.25, 0.3) is 0 Å². The van der Waals surface area contributed by atoms with E-state index >= 15 is 0 Å². The first-order valence-corrected chi connectivity index (χ1v) is 5.99. The van der Waals surface area contributed by atoms with Crippen LogP contribution in [0.3, 0.4) is 0 Å². The summed E-state index contributed by atoms with van der Waals surface area (Å²) in [6.07, 6.45) is 0. The van der Waals surface area contributed by atoms with Crippen LogP contribution >= 0.6 is 22.9 Å². The third-order valence-corrected chi connectivity index (χ3v) is 3.05. The summed E-state index contributed by atoms with van der Waals surface area (Å²) in [5, 5.41) is 11.4. The second-order valence-electron chi connectivity index (χ2n) is 3.22. The van der Waals surface area contributed by atoms with E-state index in [9.17, 15) is 4.79 Å². The second-order valence-corrected chi connectivity index (χ2v) is 4.47. The lowest BCUT2D eigenvalue weighted by Gasteiger charge is -2.14. The minimum Gasteiger partial charge on any atom is -0.307 e. The lowest BCUT2D eigenvalue weighted by Crippen LogP contribution is -2.31. The third kappa shape index (κ3) is 2.92. The smallest absolute Gasteiger partial charge is 0.307 e. The van der Waals surface area contributed by atoms with E-state index in [1.54, 1.807) is 36.8 Å². The molecule has 1 aromatic heterocycles. The fraction of sp³-hybridized carbons (Fsp3) is 0.100. The number of benzene rings is 1. The van der Waals surface area contributed by atoms with Gasteiger partial charge in [-0.05, 0) is 24.3 Å². The van der Waals surface area contributed by atoms with Crippen LogP contribution in [0.4, 0.5) is 15.6 Å². The molecule has 2 amide bonds. The Bertz CT molecular complexity index is 500. The molecular weight excluding hydrogens is 260 g/mol. The van der Waals surface area contributed by atoms with Gasteiger partial charge in [0.05, 0.1) is 0 Å². The molecule has 0 aliphatic heterocycles. The standard InChI is InChI=1S/C10H9ClN4OS/c1-15(10-14-12-6-17-10)9(16)13-8-4-2-7(11)3-5-8/h2-6H,1H3,(H,13,16). The van der Waals surface area contributed by atoms with Gasteiger partial charge in [-0.3, -0.25) is 4.90 Å². The predicted octanol–water partition coefficient (Wildman–Crippen LogP) is 2.86. The van der Waals surface area contributed by atoms with Crippen LogP contribution < -0.4 is 10.2 Å². The molecule has 0 saturated carbocycles. The van der Waals surface area contributed by atoms with Crippen molar-refractivity contribution in [2.45, 2.75) is 0 Å². The van der Waals surface area contributed by atoms with Gasteiger partial charge in [-0.2, -0.15) is 0 Å². The van der Waals surface area contributed by atoms with Gasteiger partial charge < -0.3 is 5.32 Å². The van der Waals surface area contributed by atoms with Gasteiger partial charge >= 0.3 is 6.03 Å². The average Bonchev–Trinajstić information content (AvgIpc) is 2.84. The first-order chi connectivity index (χ1) is 8.16. The number of nitrogens with zero attached hydrogens (tertiary/aromatic N) is 3. The molecule has 0 atom stereocenters. The highest BCUT2D eigenvalue weighted by molar-refractivity contribution is 7.13. The highest BCUT2D eigenvalue weighted by Crippen LogP contribution is 2.17. The molecule has 7 heteroatoms. The minimum absolute atomic E-state index is 0.274. The fourth-order valence-corrected chi connectivity index (χ4v) is 1.79. The summed E-state index contributed by atoms with van der Waals surface area (Å²) in [5.41, 5.74) is 2.25. The van der Waals surface area contributed by atoms with E-state index in [1.165, 1.54) is 16.2 Å². The lowest BCUT2D eigenvalue weighted by molar-refractivity contribution is 0.258. The van der Waals surface area contributed by atoms with Crippen LogP contribution in [0.2, 0.25) is 5.02 Å². The largest absolute Gasteiger partial charge is 0.327 e. The molecule has 1 aromatic carbocycles. The molecule has 0 bridgehead atoms. The molecule has 0 aliphatic rings. The quantitative estimate of drug-likeness (QED) is 0.911. The maximum absolute atomic E-state index is 11.8. The molecule has 0 saturated heterocycles. The topological polar surface area (TPSA) is 58.1 Å². The van der Waals surface area contributed by atoms with Gasteiger partial charge in [0.2, 0.25) is 5.13 Å². The van der Waals surface area contributed by atoms with Crippen molar-refractivity contribution in [3.63, 3.8) is 0 Å². The number of nitrogens with one attached hydrogen (secondary N) is 1. The third-order valence-electron chi connectivity index (χ3n) is 2.04. The van der Waals surface area contributed by atoms with Gasteiger partial charge in [-0.1, -0.05) is 22.9 Å². The van der Waals surface area contributed by atoms with Crippen molar-refractivity contribution in [1.82, 2.24) is 10.2 Å². The molecule has 88 valence electrons. The highest BCUT2D eigenvalue weighted by Gasteiger charge is 2.13. The Labute approximate surface area is 107 Å². The number of anilines is 2. The van der Waals surface area contributed by atoms with E-state index in [0.29, 0.717) is 15.8 Å². The van der Waals surface area contributed by atoms with Crippen molar-refractivity contribution in [1.29, 1.82) is 0 Å². The normalized spacial score (nSPS) is 10.0. The summed E-state index contributed by atoms with van der Waals surface area (Å²) in [6.45, 7) is 0. The zero-order valence-corrected chi connectivity index (χ0v) is 10.5. The Balaban J connectivity index is 2.04. The van der Waals surface area contributed by atoms with Crippen molar-refractivity contribution >= 4 is 39.8 Å². The van der Waals surface area contributed by atoms with E-state index in [4.69, 9.17) is 11.6 Å². The van der Waals surface area contributed by atoms with Gasteiger partial charge in [-0.25, -0.2) is 4.79 Å². The molecule has 0 unspecified atom stereocenters. The summed E-state index contributed by atoms with van der Waals surface area (Å²) < 4.78 is 0. The molecule has 1 N–H and O–H groups in total. The zero-order valence-electron chi connectivity index (χ0n) is 8.92. The van der Waals surface area contributed by atoms with Crippen molar-refractivity contribution < 1.29 is 4.79 Å². The number of hydrogen-bond acceptors (Lipinski definition) is 4. The lowest BCUT2D eigenvalue weighted by atomic mass is 10.3. The Morgan fingerprint density at radius 1 is 1.41 bits per heavy atom. The summed E-state index contributed by atoms with van der Waals surface area (Å²) in [5.74, 6) is 0.